The number of rotatable bonds is 3. The number of carbonyl (C=O) groups excluding carboxylic acids is 1. The van der Waals surface area contributed by atoms with Gasteiger partial charge in [0.1, 0.15) is 5.82 Å². The maximum atomic E-state index is 11.5. The SMILES string of the molecule is CCOC(=O)c1ncn(C2CCSC2)c1N. The lowest BCUT2D eigenvalue weighted by Crippen LogP contribution is -2.13. The van der Waals surface area contributed by atoms with Crippen molar-refractivity contribution >= 4 is 23.5 Å². The smallest absolute Gasteiger partial charge is 0.360 e. The highest BCUT2D eigenvalue weighted by Crippen LogP contribution is 2.30. The van der Waals surface area contributed by atoms with Crippen molar-refractivity contribution in [2.75, 3.05) is 23.8 Å². The Morgan fingerprint density at radius 1 is 1.81 bits per heavy atom. The molecule has 88 valence electrons. The zero-order valence-corrected chi connectivity index (χ0v) is 10.00. The molecule has 5 nitrogen and oxygen atoms in total. The molecule has 1 unspecified atom stereocenters. The van der Waals surface area contributed by atoms with Gasteiger partial charge in [0.2, 0.25) is 0 Å². The molecule has 1 saturated heterocycles. The van der Waals surface area contributed by atoms with E-state index in [-0.39, 0.29) is 5.69 Å². The molecule has 0 spiro atoms. The fourth-order valence-corrected chi connectivity index (χ4v) is 2.96. The van der Waals surface area contributed by atoms with Crippen molar-refractivity contribution in [1.82, 2.24) is 9.55 Å². The van der Waals surface area contributed by atoms with E-state index in [2.05, 4.69) is 4.98 Å². The molecule has 0 radical (unpaired) electrons. The lowest BCUT2D eigenvalue weighted by Gasteiger charge is -2.11. The molecule has 2 heterocycles. The number of carbonyl (C=O) groups is 1. The third kappa shape index (κ3) is 2.02. The van der Waals surface area contributed by atoms with Crippen LogP contribution in [0.2, 0.25) is 0 Å². The van der Waals surface area contributed by atoms with Crippen LogP contribution in [0.4, 0.5) is 5.82 Å². The molecule has 0 bridgehead atoms. The van der Waals surface area contributed by atoms with Gasteiger partial charge in [-0.3, -0.25) is 0 Å². The topological polar surface area (TPSA) is 70.1 Å². The van der Waals surface area contributed by atoms with E-state index in [1.54, 1.807) is 13.3 Å². The summed E-state index contributed by atoms with van der Waals surface area (Å²) in [6.45, 7) is 2.10. The molecule has 1 aliphatic heterocycles. The molecule has 1 aromatic heterocycles. The number of ether oxygens (including phenoxy) is 1. The standard InChI is InChI=1S/C10H15N3O2S/c1-2-15-10(14)8-9(11)13(6-12-8)7-3-4-16-5-7/h6-7H,2-5,11H2,1H3. The van der Waals surface area contributed by atoms with Crippen LogP contribution < -0.4 is 5.73 Å². The van der Waals surface area contributed by atoms with E-state index >= 15 is 0 Å². The molecule has 2 rings (SSSR count). The van der Waals surface area contributed by atoms with Crippen molar-refractivity contribution in [1.29, 1.82) is 0 Å². The van der Waals surface area contributed by atoms with Crippen LogP contribution in [0.15, 0.2) is 6.33 Å². The summed E-state index contributed by atoms with van der Waals surface area (Å²) in [5.41, 5.74) is 6.14. The minimum atomic E-state index is -0.440. The van der Waals surface area contributed by atoms with E-state index in [1.165, 1.54) is 0 Å². The Morgan fingerprint density at radius 3 is 3.25 bits per heavy atom. The average Bonchev–Trinajstić information content (AvgIpc) is 2.86. The number of hydrogen-bond donors (Lipinski definition) is 1. The summed E-state index contributed by atoms with van der Waals surface area (Å²) in [5.74, 6) is 2.15. The summed E-state index contributed by atoms with van der Waals surface area (Å²) >= 11 is 1.89. The number of nitrogens with zero attached hydrogens (tertiary/aromatic N) is 2. The lowest BCUT2D eigenvalue weighted by molar-refractivity contribution is 0.0521. The molecule has 1 aromatic rings. The first kappa shape index (κ1) is 11.3. The Labute approximate surface area is 98.4 Å². The van der Waals surface area contributed by atoms with Gasteiger partial charge in [0, 0.05) is 11.8 Å². The number of anilines is 1. The molecule has 0 aliphatic carbocycles. The minimum absolute atomic E-state index is 0.235. The number of hydrogen-bond acceptors (Lipinski definition) is 5. The van der Waals surface area contributed by atoms with Crippen LogP contribution in [0.3, 0.4) is 0 Å². The van der Waals surface area contributed by atoms with Gasteiger partial charge >= 0.3 is 5.97 Å². The molecule has 1 atom stereocenters. The van der Waals surface area contributed by atoms with E-state index in [1.807, 2.05) is 16.3 Å². The summed E-state index contributed by atoms with van der Waals surface area (Å²) in [5, 5.41) is 0. The second kappa shape index (κ2) is 4.78. The number of nitrogens with two attached hydrogens (primary N) is 1. The van der Waals surface area contributed by atoms with Crippen molar-refractivity contribution in [2.24, 2.45) is 0 Å². The van der Waals surface area contributed by atoms with Crippen LogP contribution in [0.25, 0.3) is 0 Å². The predicted octanol–water partition coefficient (Wildman–Crippen LogP) is 1.32. The van der Waals surface area contributed by atoms with E-state index in [0.717, 1.165) is 17.9 Å². The normalized spacial score (nSPS) is 19.9. The Hall–Kier alpha value is -1.17. The summed E-state index contributed by atoms with van der Waals surface area (Å²) in [6.07, 6.45) is 2.71. The van der Waals surface area contributed by atoms with Gasteiger partial charge in [-0.15, -0.1) is 0 Å². The minimum Gasteiger partial charge on any atom is -0.461 e. The Morgan fingerprint density at radius 2 is 2.62 bits per heavy atom. The monoisotopic (exact) mass is 241 g/mol. The van der Waals surface area contributed by atoms with Gasteiger partial charge in [-0.1, -0.05) is 0 Å². The molecule has 2 N–H and O–H groups in total. The van der Waals surface area contributed by atoms with Crippen LogP contribution in [0.1, 0.15) is 29.9 Å². The maximum absolute atomic E-state index is 11.5. The van der Waals surface area contributed by atoms with Gasteiger partial charge in [-0.05, 0) is 19.1 Å². The van der Waals surface area contributed by atoms with Crippen LogP contribution in [-0.4, -0.2) is 33.6 Å². The molecule has 0 aromatic carbocycles. The van der Waals surface area contributed by atoms with Crippen LogP contribution in [0, 0.1) is 0 Å². The highest BCUT2D eigenvalue weighted by molar-refractivity contribution is 7.99. The molecule has 16 heavy (non-hydrogen) atoms. The zero-order valence-electron chi connectivity index (χ0n) is 9.18. The second-order valence-electron chi connectivity index (χ2n) is 3.62. The van der Waals surface area contributed by atoms with Gasteiger partial charge in [0.15, 0.2) is 5.69 Å². The largest absolute Gasteiger partial charge is 0.461 e. The Balaban J connectivity index is 2.19. The quantitative estimate of drug-likeness (QED) is 0.808. The summed E-state index contributed by atoms with van der Waals surface area (Å²) in [7, 11) is 0. The third-order valence-corrected chi connectivity index (χ3v) is 3.74. The average molecular weight is 241 g/mol. The van der Waals surface area contributed by atoms with E-state index in [0.29, 0.717) is 18.5 Å². The fourth-order valence-electron chi connectivity index (χ4n) is 1.76. The van der Waals surface area contributed by atoms with Crippen molar-refractivity contribution < 1.29 is 9.53 Å². The third-order valence-electron chi connectivity index (χ3n) is 2.60. The van der Waals surface area contributed by atoms with Gasteiger partial charge in [-0.25, -0.2) is 9.78 Å². The van der Waals surface area contributed by atoms with Crippen molar-refractivity contribution in [3.05, 3.63) is 12.0 Å². The molecule has 0 amide bonds. The molecule has 1 aliphatic rings. The second-order valence-corrected chi connectivity index (χ2v) is 4.77. The predicted molar refractivity (Wildman–Crippen MR) is 63.6 cm³/mol. The summed E-state index contributed by atoms with van der Waals surface area (Å²) < 4.78 is 6.77. The number of nitrogen functional groups attached to an aromatic ring is 1. The lowest BCUT2D eigenvalue weighted by atomic mass is 10.2. The van der Waals surface area contributed by atoms with Crippen LogP contribution >= 0.6 is 11.8 Å². The van der Waals surface area contributed by atoms with E-state index in [9.17, 15) is 4.79 Å². The van der Waals surface area contributed by atoms with Gasteiger partial charge < -0.3 is 15.0 Å². The molecule has 0 saturated carbocycles. The molecule has 1 fully saturated rings. The summed E-state index contributed by atoms with van der Waals surface area (Å²) in [4.78, 5) is 15.5. The number of thioether (sulfide) groups is 1. The molecule has 6 heteroatoms. The van der Waals surface area contributed by atoms with Crippen LogP contribution in [-0.2, 0) is 4.74 Å². The first-order valence-electron chi connectivity index (χ1n) is 5.31. The molecular weight excluding hydrogens is 226 g/mol. The van der Waals surface area contributed by atoms with Crippen molar-refractivity contribution in [3.63, 3.8) is 0 Å². The van der Waals surface area contributed by atoms with Gasteiger partial charge in [-0.2, -0.15) is 11.8 Å². The first-order chi connectivity index (χ1) is 7.74. The number of imidazole rings is 1. The van der Waals surface area contributed by atoms with Gasteiger partial charge in [0.05, 0.1) is 12.9 Å². The van der Waals surface area contributed by atoms with Crippen LogP contribution in [0.5, 0.6) is 0 Å². The number of aromatic nitrogens is 2. The van der Waals surface area contributed by atoms with E-state index < -0.39 is 5.97 Å². The van der Waals surface area contributed by atoms with Gasteiger partial charge in [0.25, 0.3) is 0 Å². The van der Waals surface area contributed by atoms with E-state index in [4.69, 9.17) is 10.5 Å². The highest BCUT2D eigenvalue weighted by atomic mass is 32.2. The Bertz CT molecular complexity index is 385. The number of esters is 1. The Kier molecular flexibility index (Phi) is 3.38. The molecular formula is C10H15N3O2S. The fraction of sp³-hybridized carbons (Fsp3) is 0.600. The summed E-state index contributed by atoms with van der Waals surface area (Å²) in [6, 6.07) is 0.362. The van der Waals surface area contributed by atoms with Crippen molar-refractivity contribution in [2.45, 2.75) is 19.4 Å². The highest BCUT2D eigenvalue weighted by Gasteiger charge is 2.23. The zero-order chi connectivity index (χ0) is 11.5. The van der Waals surface area contributed by atoms with Crippen molar-refractivity contribution in [3.8, 4) is 0 Å². The first-order valence-corrected chi connectivity index (χ1v) is 6.46. The maximum Gasteiger partial charge on any atom is 0.360 e.